The summed E-state index contributed by atoms with van der Waals surface area (Å²) in [5.74, 6) is 0. The number of aromatic nitrogens is 1. The van der Waals surface area contributed by atoms with Gasteiger partial charge >= 0.3 is 0 Å². The molecule has 1 heterocycles. The Morgan fingerprint density at radius 2 is 1.93 bits per heavy atom. The highest BCUT2D eigenvalue weighted by Crippen LogP contribution is 2.23. The summed E-state index contributed by atoms with van der Waals surface area (Å²) in [5, 5.41) is 10.6. The molecule has 2 nitrogen and oxygen atoms in total. The molecule has 0 bridgehead atoms. The van der Waals surface area contributed by atoms with Crippen LogP contribution in [0.15, 0.2) is 48.8 Å². The second-order valence-electron chi connectivity index (χ2n) is 3.24. The standard InChI is InChI=1S/C12H10ClNO/c13-11-5-1-3-9(7-11)12(15)10-4-2-6-14-8-10/h1-8,12,15H. The van der Waals surface area contributed by atoms with Crippen molar-refractivity contribution in [1.29, 1.82) is 0 Å². The van der Waals surface area contributed by atoms with Gasteiger partial charge in [0.2, 0.25) is 0 Å². The molecule has 1 atom stereocenters. The lowest BCUT2D eigenvalue weighted by Gasteiger charge is -2.10. The minimum atomic E-state index is -0.669. The molecule has 1 aromatic carbocycles. The highest BCUT2D eigenvalue weighted by atomic mass is 35.5. The second kappa shape index (κ2) is 4.43. The molecular formula is C12H10ClNO. The number of nitrogens with zero attached hydrogens (tertiary/aromatic N) is 1. The van der Waals surface area contributed by atoms with Gasteiger partial charge in [0.1, 0.15) is 6.10 Å². The summed E-state index contributed by atoms with van der Waals surface area (Å²) in [7, 11) is 0. The average Bonchev–Trinajstić information content (AvgIpc) is 2.29. The number of hydrogen-bond donors (Lipinski definition) is 1. The van der Waals surface area contributed by atoms with Crippen LogP contribution in [-0.2, 0) is 0 Å². The van der Waals surface area contributed by atoms with E-state index >= 15 is 0 Å². The molecule has 0 saturated heterocycles. The maximum atomic E-state index is 10.0. The van der Waals surface area contributed by atoms with Gasteiger partial charge in [-0.05, 0) is 23.8 Å². The fourth-order valence-corrected chi connectivity index (χ4v) is 1.61. The van der Waals surface area contributed by atoms with E-state index in [9.17, 15) is 5.11 Å². The molecule has 0 saturated carbocycles. The summed E-state index contributed by atoms with van der Waals surface area (Å²) >= 11 is 5.85. The monoisotopic (exact) mass is 219 g/mol. The molecule has 0 aliphatic rings. The predicted molar refractivity (Wildman–Crippen MR) is 59.8 cm³/mol. The highest BCUT2D eigenvalue weighted by Gasteiger charge is 2.09. The van der Waals surface area contributed by atoms with Gasteiger partial charge in [-0.25, -0.2) is 0 Å². The number of aliphatic hydroxyl groups excluding tert-OH is 1. The summed E-state index contributed by atoms with van der Waals surface area (Å²) < 4.78 is 0. The molecule has 0 aliphatic carbocycles. The van der Waals surface area contributed by atoms with Crippen molar-refractivity contribution in [2.45, 2.75) is 6.10 Å². The lowest BCUT2D eigenvalue weighted by molar-refractivity contribution is 0.220. The SMILES string of the molecule is OC(c1cccnc1)c1cccc(Cl)c1. The summed E-state index contributed by atoms with van der Waals surface area (Å²) in [6, 6.07) is 10.8. The Kier molecular flexibility index (Phi) is 2.99. The maximum Gasteiger partial charge on any atom is 0.106 e. The first-order valence-electron chi connectivity index (χ1n) is 4.61. The van der Waals surface area contributed by atoms with Gasteiger partial charge in [-0.15, -0.1) is 0 Å². The van der Waals surface area contributed by atoms with E-state index in [4.69, 9.17) is 11.6 Å². The summed E-state index contributed by atoms with van der Waals surface area (Å²) in [6.07, 6.45) is 2.65. The molecule has 0 spiro atoms. The van der Waals surface area contributed by atoms with E-state index in [-0.39, 0.29) is 0 Å². The van der Waals surface area contributed by atoms with Crippen molar-refractivity contribution in [3.8, 4) is 0 Å². The van der Waals surface area contributed by atoms with Crippen LogP contribution in [0.4, 0.5) is 0 Å². The van der Waals surface area contributed by atoms with Crippen molar-refractivity contribution < 1.29 is 5.11 Å². The number of rotatable bonds is 2. The third-order valence-corrected chi connectivity index (χ3v) is 2.40. The van der Waals surface area contributed by atoms with Crippen LogP contribution in [0, 0.1) is 0 Å². The third-order valence-electron chi connectivity index (χ3n) is 2.16. The van der Waals surface area contributed by atoms with Crippen molar-refractivity contribution in [3.63, 3.8) is 0 Å². The van der Waals surface area contributed by atoms with Crippen molar-refractivity contribution in [2.24, 2.45) is 0 Å². The Morgan fingerprint density at radius 3 is 2.60 bits per heavy atom. The van der Waals surface area contributed by atoms with Crippen molar-refractivity contribution in [3.05, 3.63) is 64.9 Å². The van der Waals surface area contributed by atoms with E-state index in [1.54, 1.807) is 30.6 Å². The third kappa shape index (κ3) is 2.35. The first kappa shape index (κ1) is 10.1. The molecular weight excluding hydrogens is 210 g/mol. The topological polar surface area (TPSA) is 33.1 Å². The van der Waals surface area contributed by atoms with Gasteiger partial charge in [0.25, 0.3) is 0 Å². The lowest BCUT2D eigenvalue weighted by atomic mass is 10.0. The maximum absolute atomic E-state index is 10.0. The van der Waals surface area contributed by atoms with Gasteiger partial charge in [-0.3, -0.25) is 4.98 Å². The van der Waals surface area contributed by atoms with Crippen LogP contribution in [0.3, 0.4) is 0 Å². The first-order valence-corrected chi connectivity index (χ1v) is 4.98. The van der Waals surface area contributed by atoms with Crippen LogP contribution in [0.1, 0.15) is 17.2 Å². The Morgan fingerprint density at radius 1 is 1.13 bits per heavy atom. The molecule has 0 fully saturated rings. The number of benzene rings is 1. The van der Waals surface area contributed by atoms with Gasteiger partial charge < -0.3 is 5.11 Å². The molecule has 2 rings (SSSR count). The minimum absolute atomic E-state index is 0.621. The second-order valence-corrected chi connectivity index (χ2v) is 3.68. The van der Waals surface area contributed by atoms with E-state index in [1.807, 2.05) is 18.2 Å². The molecule has 0 aliphatic heterocycles. The number of halogens is 1. The zero-order chi connectivity index (χ0) is 10.7. The Bertz CT molecular complexity index is 444. The van der Waals surface area contributed by atoms with Gasteiger partial charge in [0, 0.05) is 23.0 Å². The first-order chi connectivity index (χ1) is 7.27. The predicted octanol–water partition coefficient (Wildman–Crippen LogP) is 2.82. The molecule has 0 radical (unpaired) electrons. The smallest absolute Gasteiger partial charge is 0.106 e. The summed E-state index contributed by atoms with van der Waals surface area (Å²) in [4.78, 5) is 3.96. The van der Waals surface area contributed by atoms with Gasteiger partial charge in [-0.2, -0.15) is 0 Å². The molecule has 3 heteroatoms. The molecule has 2 aromatic rings. The zero-order valence-electron chi connectivity index (χ0n) is 7.97. The number of aliphatic hydroxyl groups is 1. The van der Waals surface area contributed by atoms with Crippen LogP contribution in [0.2, 0.25) is 5.02 Å². The molecule has 1 unspecified atom stereocenters. The number of pyridine rings is 1. The van der Waals surface area contributed by atoms with Crippen LogP contribution < -0.4 is 0 Å². The molecule has 1 aromatic heterocycles. The Balaban J connectivity index is 2.32. The highest BCUT2D eigenvalue weighted by molar-refractivity contribution is 6.30. The fraction of sp³-hybridized carbons (Fsp3) is 0.0833. The van der Waals surface area contributed by atoms with E-state index in [1.165, 1.54) is 0 Å². The average molecular weight is 220 g/mol. The van der Waals surface area contributed by atoms with Gasteiger partial charge in [0.15, 0.2) is 0 Å². The van der Waals surface area contributed by atoms with E-state index in [0.29, 0.717) is 5.02 Å². The van der Waals surface area contributed by atoms with Crippen LogP contribution in [0.5, 0.6) is 0 Å². The molecule has 15 heavy (non-hydrogen) atoms. The lowest BCUT2D eigenvalue weighted by Crippen LogP contribution is -1.99. The molecule has 0 amide bonds. The molecule has 76 valence electrons. The zero-order valence-corrected chi connectivity index (χ0v) is 8.72. The van der Waals surface area contributed by atoms with E-state index in [0.717, 1.165) is 11.1 Å². The van der Waals surface area contributed by atoms with Crippen LogP contribution in [0.25, 0.3) is 0 Å². The normalized spacial score (nSPS) is 12.4. The minimum Gasteiger partial charge on any atom is -0.384 e. The van der Waals surface area contributed by atoms with Crippen LogP contribution >= 0.6 is 11.6 Å². The quantitative estimate of drug-likeness (QED) is 0.843. The fourth-order valence-electron chi connectivity index (χ4n) is 1.41. The van der Waals surface area contributed by atoms with Crippen molar-refractivity contribution in [1.82, 2.24) is 4.98 Å². The van der Waals surface area contributed by atoms with E-state index < -0.39 is 6.10 Å². The van der Waals surface area contributed by atoms with E-state index in [2.05, 4.69) is 4.98 Å². The summed E-state index contributed by atoms with van der Waals surface area (Å²) in [6.45, 7) is 0. The molecule has 1 N–H and O–H groups in total. The Hall–Kier alpha value is -1.38. The Labute approximate surface area is 93.2 Å². The van der Waals surface area contributed by atoms with Gasteiger partial charge in [0.05, 0.1) is 0 Å². The van der Waals surface area contributed by atoms with Crippen LogP contribution in [-0.4, -0.2) is 10.1 Å². The summed E-state index contributed by atoms with van der Waals surface area (Å²) in [5.41, 5.74) is 1.54. The number of hydrogen-bond acceptors (Lipinski definition) is 2. The van der Waals surface area contributed by atoms with Crippen molar-refractivity contribution >= 4 is 11.6 Å². The van der Waals surface area contributed by atoms with Crippen molar-refractivity contribution in [2.75, 3.05) is 0 Å². The largest absolute Gasteiger partial charge is 0.384 e. The van der Waals surface area contributed by atoms with Gasteiger partial charge in [-0.1, -0.05) is 29.8 Å².